The standard InChI is InChI=1S/C16H34N4O.HI/c1-8-17-15(18-12-11-16(4,5)6)19(7)13-14(21)20(9-2)10-3;/h8-13H2,1-7H3,(H,17,18);1H. The molecule has 1 N–H and O–H groups in total. The van der Waals surface area contributed by atoms with Crippen molar-refractivity contribution in [3.63, 3.8) is 0 Å². The van der Waals surface area contributed by atoms with E-state index in [-0.39, 0.29) is 35.3 Å². The Labute approximate surface area is 153 Å². The van der Waals surface area contributed by atoms with Gasteiger partial charge in [-0.25, -0.2) is 0 Å². The molecule has 0 spiro atoms. The van der Waals surface area contributed by atoms with Crippen LogP contribution in [0.3, 0.4) is 0 Å². The highest BCUT2D eigenvalue weighted by Crippen LogP contribution is 2.17. The van der Waals surface area contributed by atoms with E-state index in [1.807, 2.05) is 37.6 Å². The maximum absolute atomic E-state index is 12.2. The van der Waals surface area contributed by atoms with Crippen LogP contribution in [0.4, 0.5) is 0 Å². The van der Waals surface area contributed by atoms with E-state index in [0.717, 1.165) is 38.6 Å². The van der Waals surface area contributed by atoms with Crippen LogP contribution in [0, 0.1) is 5.41 Å². The molecule has 0 aliphatic carbocycles. The Bertz CT molecular complexity index is 336. The van der Waals surface area contributed by atoms with Gasteiger partial charge in [0.05, 0.1) is 6.54 Å². The second kappa shape index (κ2) is 12.0. The average Bonchev–Trinajstić information content (AvgIpc) is 2.37. The topological polar surface area (TPSA) is 47.9 Å². The van der Waals surface area contributed by atoms with Crippen LogP contribution in [0.1, 0.15) is 48.0 Å². The van der Waals surface area contributed by atoms with Gasteiger partial charge < -0.3 is 15.1 Å². The zero-order chi connectivity index (χ0) is 16.5. The molecular weight excluding hydrogens is 391 g/mol. The number of nitrogens with zero attached hydrogens (tertiary/aromatic N) is 3. The molecule has 22 heavy (non-hydrogen) atoms. The number of hydrogen-bond acceptors (Lipinski definition) is 2. The van der Waals surface area contributed by atoms with Crippen LogP contribution in [0.25, 0.3) is 0 Å². The SMILES string of the molecule is CCNC(=NCCC(C)(C)C)N(C)CC(=O)N(CC)CC.I. The minimum Gasteiger partial charge on any atom is -0.357 e. The van der Waals surface area contributed by atoms with Crippen LogP contribution in [0.15, 0.2) is 4.99 Å². The molecule has 0 fully saturated rings. The predicted octanol–water partition coefficient (Wildman–Crippen LogP) is 2.81. The number of hydrogen-bond donors (Lipinski definition) is 1. The van der Waals surface area contributed by atoms with Crippen LogP contribution in [-0.2, 0) is 4.79 Å². The van der Waals surface area contributed by atoms with E-state index in [9.17, 15) is 4.79 Å². The van der Waals surface area contributed by atoms with E-state index in [1.54, 1.807) is 0 Å². The second-order valence-corrected chi connectivity index (χ2v) is 6.47. The minimum atomic E-state index is 0. The molecule has 0 radical (unpaired) electrons. The first kappa shape index (κ1) is 23.7. The van der Waals surface area contributed by atoms with Crippen molar-refractivity contribution in [2.45, 2.75) is 48.0 Å². The van der Waals surface area contributed by atoms with Crippen molar-refractivity contribution in [3.8, 4) is 0 Å². The number of nitrogens with one attached hydrogen (secondary N) is 1. The molecule has 0 aliphatic rings. The van der Waals surface area contributed by atoms with Gasteiger partial charge >= 0.3 is 0 Å². The third kappa shape index (κ3) is 10.2. The third-order valence-corrected chi connectivity index (χ3v) is 3.31. The van der Waals surface area contributed by atoms with Crippen LogP contribution in [-0.4, -0.2) is 61.4 Å². The van der Waals surface area contributed by atoms with Gasteiger partial charge in [0.15, 0.2) is 5.96 Å². The lowest BCUT2D eigenvalue weighted by Crippen LogP contribution is -2.45. The molecule has 6 heteroatoms. The summed E-state index contributed by atoms with van der Waals surface area (Å²) in [7, 11) is 1.92. The molecule has 132 valence electrons. The molecule has 0 saturated heterocycles. The number of carbonyl (C=O) groups is 1. The molecule has 0 aliphatic heterocycles. The molecule has 0 aromatic heterocycles. The maximum atomic E-state index is 12.2. The highest BCUT2D eigenvalue weighted by Gasteiger charge is 2.15. The Balaban J connectivity index is 0. The number of carbonyl (C=O) groups excluding carboxylic acids is 1. The van der Waals surface area contributed by atoms with Crippen LogP contribution in [0.2, 0.25) is 0 Å². The fourth-order valence-electron chi connectivity index (χ4n) is 1.92. The summed E-state index contributed by atoms with van der Waals surface area (Å²) in [6, 6.07) is 0. The van der Waals surface area contributed by atoms with E-state index < -0.39 is 0 Å². The van der Waals surface area contributed by atoms with Crippen molar-refractivity contribution in [1.29, 1.82) is 0 Å². The van der Waals surface area contributed by atoms with Crippen molar-refractivity contribution < 1.29 is 4.79 Å². The Kier molecular flexibility index (Phi) is 12.9. The lowest BCUT2D eigenvalue weighted by atomic mass is 9.92. The Morgan fingerprint density at radius 3 is 2.09 bits per heavy atom. The van der Waals surface area contributed by atoms with Gasteiger partial charge in [-0.15, -0.1) is 24.0 Å². The monoisotopic (exact) mass is 426 g/mol. The second-order valence-electron chi connectivity index (χ2n) is 6.47. The lowest BCUT2D eigenvalue weighted by Gasteiger charge is -2.26. The Morgan fingerprint density at radius 1 is 1.14 bits per heavy atom. The highest BCUT2D eigenvalue weighted by molar-refractivity contribution is 14.0. The summed E-state index contributed by atoms with van der Waals surface area (Å²) in [5.41, 5.74) is 0.274. The van der Waals surface area contributed by atoms with Crippen molar-refractivity contribution >= 4 is 35.8 Å². The molecule has 0 bridgehead atoms. The molecule has 0 unspecified atom stereocenters. The molecule has 0 aromatic rings. The normalized spacial score (nSPS) is 11.7. The first-order valence-corrected chi connectivity index (χ1v) is 8.02. The highest BCUT2D eigenvalue weighted by atomic mass is 127. The quantitative estimate of drug-likeness (QED) is 0.387. The van der Waals surface area contributed by atoms with Gasteiger partial charge in [0, 0.05) is 33.2 Å². The summed E-state index contributed by atoms with van der Waals surface area (Å²) in [5.74, 6) is 0.950. The zero-order valence-electron chi connectivity index (χ0n) is 15.4. The third-order valence-electron chi connectivity index (χ3n) is 3.31. The van der Waals surface area contributed by atoms with Crippen LogP contribution >= 0.6 is 24.0 Å². The van der Waals surface area contributed by atoms with Crippen molar-refractivity contribution in [2.75, 3.05) is 39.8 Å². The van der Waals surface area contributed by atoms with E-state index in [1.165, 1.54) is 0 Å². The van der Waals surface area contributed by atoms with Crippen molar-refractivity contribution in [2.24, 2.45) is 10.4 Å². The first-order chi connectivity index (χ1) is 9.75. The van der Waals surface area contributed by atoms with E-state index >= 15 is 0 Å². The van der Waals surface area contributed by atoms with Gasteiger partial charge in [0.2, 0.25) is 5.91 Å². The fourth-order valence-corrected chi connectivity index (χ4v) is 1.92. The van der Waals surface area contributed by atoms with Gasteiger partial charge in [-0.3, -0.25) is 9.79 Å². The van der Waals surface area contributed by atoms with Gasteiger partial charge in [-0.2, -0.15) is 0 Å². The number of amides is 1. The predicted molar refractivity (Wildman–Crippen MR) is 106 cm³/mol. The fraction of sp³-hybridized carbons (Fsp3) is 0.875. The molecule has 0 saturated carbocycles. The summed E-state index contributed by atoms with van der Waals surface area (Å²) in [6.45, 7) is 16.1. The minimum absolute atomic E-state index is 0. The van der Waals surface area contributed by atoms with Gasteiger partial charge in [-0.05, 0) is 32.6 Å². The number of halogens is 1. The molecule has 0 atom stereocenters. The van der Waals surface area contributed by atoms with Crippen LogP contribution < -0.4 is 5.32 Å². The summed E-state index contributed by atoms with van der Waals surface area (Å²) in [6.07, 6.45) is 1.03. The maximum Gasteiger partial charge on any atom is 0.242 e. The molecule has 0 aromatic carbocycles. The van der Waals surface area contributed by atoms with E-state index in [4.69, 9.17) is 0 Å². The molecule has 1 amide bonds. The van der Waals surface area contributed by atoms with E-state index in [0.29, 0.717) is 6.54 Å². The summed E-state index contributed by atoms with van der Waals surface area (Å²) < 4.78 is 0. The van der Waals surface area contributed by atoms with Gasteiger partial charge in [-0.1, -0.05) is 20.8 Å². The summed E-state index contributed by atoms with van der Waals surface area (Å²) >= 11 is 0. The smallest absolute Gasteiger partial charge is 0.242 e. The van der Waals surface area contributed by atoms with E-state index in [2.05, 4.69) is 31.1 Å². The number of likely N-dealkylation sites (N-methyl/N-ethyl adjacent to an activating group) is 2. The molecular formula is C16H35IN4O. The number of guanidine groups is 1. The summed E-state index contributed by atoms with van der Waals surface area (Å²) in [5, 5.41) is 3.25. The zero-order valence-corrected chi connectivity index (χ0v) is 17.7. The number of rotatable bonds is 7. The molecule has 0 heterocycles. The first-order valence-electron chi connectivity index (χ1n) is 8.02. The van der Waals surface area contributed by atoms with Gasteiger partial charge in [0.25, 0.3) is 0 Å². The van der Waals surface area contributed by atoms with Gasteiger partial charge in [0.1, 0.15) is 0 Å². The molecule has 5 nitrogen and oxygen atoms in total. The largest absolute Gasteiger partial charge is 0.357 e. The van der Waals surface area contributed by atoms with Crippen molar-refractivity contribution in [3.05, 3.63) is 0 Å². The molecule has 0 rings (SSSR count). The average molecular weight is 426 g/mol. The Morgan fingerprint density at radius 2 is 1.68 bits per heavy atom. The lowest BCUT2D eigenvalue weighted by molar-refractivity contribution is -0.131. The summed E-state index contributed by atoms with van der Waals surface area (Å²) in [4.78, 5) is 20.5. The number of aliphatic imine (C=N–C) groups is 1. The Hall–Kier alpha value is -0.530. The van der Waals surface area contributed by atoms with Crippen molar-refractivity contribution in [1.82, 2.24) is 15.1 Å². The van der Waals surface area contributed by atoms with Crippen LogP contribution in [0.5, 0.6) is 0 Å².